The molecule has 0 unspecified atom stereocenters. The van der Waals surface area contributed by atoms with Crippen molar-refractivity contribution in [3.63, 3.8) is 0 Å². The van der Waals surface area contributed by atoms with Gasteiger partial charge in [-0.25, -0.2) is 0 Å². The van der Waals surface area contributed by atoms with E-state index >= 15 is 0 Å². The number of anilines is 1. The van der Waals surface area contributed by atoms with Gasteiger partial charge in [-0.1, -0.05) is 12.1 Å². The number of thiophene rings is 1. The number of nitrogens with two attached hydrogens (primary N) is 1. The molecular weight excluding hydrogens is 268 g/mol. The second-order valence-corrected chi connectivity index (χ2v) is 6.09. The minimum absolute atomic E-state index is 0.216. The van der Waals surface area contributed by atoms with Gasteiger partial charge in [-0.2, -0.15) is 11.3 Å². The number of hydrogen-bond acceptors (Lipinski definition) is 3. The zero-order valence-electron chi connectivity index (χ0n) is 11.3. The Morgan fingerprint density at radius 1 is 1.30 bits per heavy atom. The Kier molecular flexibility index (Phi) is 3.74. The summed E-state index contributed by atoms with van der Waals surface area (Å²) in [5, 5.41) is 4.06. The highest BCUT2D eigenvalue weighted by molar-refractivity contribution is 7.07. The largest absolute Gasteiger partial charge is 0.399 e. The van der Waals surface area contributed by atoms with Crippen LogP contribution < -0.4 is 5.73 Å². The van der Waals surface area contributed by atoms with Crippen LogP contribution in [0.3, 0.4) is 0 Å². The van der Waals surface area contributed by atoms with Crippen LogP contribution in [0.2, 0.25) is 0 Å². The molecule has 0 atom stereocenters. The van der Waals surface area contributed by atoms with Gasteiger partial charge in [-0.05, 0) is 52.9 Å². The average Bonchev–Trinajstić information content (AvgIpc) is 3.14. The van der Waals surface area contributed by atoms with Gasteiger partial charge >= 0.3 is 0 Å². The molecule has 0 aliphatic heterocycles. The zero-order chi connectivity index (χ0) is 13.9. The van der Waals surface area contributed by atoms with E-state index in [9.17, 15) is 4.79 Å². The lowest BCUT2D eigenvalue weighted by atomic mass is 10.1. The normalized spacial score (nSPS) is 14.2. The Bertz CT molecular complexity index is 590. The summed E-state index contributed by atoms with van der Waals surface area (Å²) < 4.78 is 0. The Morgan fingerprint density at radius 3 is 2.80 bits per heavy atom. The van der Waals surface area contributed by atoms with Crippen LogP contribution in [0.5, 0.6) is 0 Å². The van der Waals surface area contributed by atoms with Crippen molar-refractivity contribution in [3.05, 3.63) is 52.2 Å². The van der Waals surface area contributed by atoms with Crippen molar-refractivity contribution in [1.82, 2.24) is 4.90 Å². The molecule has 1 heterocycles. The van der Waals surface area contributed by atoms with Crippen molar-refractivity contribution in [1.29, 1.82) is 0 Å². The van der Waals surface area contributed by atoms with E-state index in [4.69, 9.17) is 5.73 Å². The number of hydrogen-bond donors (Lipinski definition) is 1. The lowest BCUT2D eigenvalue weighted by Crippen LogP contribution is -2.33. The van der Waals surface area contributed by atoms with Crippen molar-refractivity contribution < 1.29 is 4.79 Å². The fourth-order valence-corrected chi connectivity index (χ4v) is 3.03. The summed E-state index contributed by atoms with van der Waals surface area (Å²) in [5.74, 6) is 0.216. The molecule has 3 rings (SSSR count). The van der Waals surface area contributed by atoms with Gasteiger partial charge in [-0.3, -0.25) is 4.79 Å². The second-order valence-electron chi connectivity index (χ2n) is 5.31. The first-order valence-electron chi connectivity index (χ1n) is 6.87. The van der Waals surface area contributed by atoms with Crippen LogP contribution in [-0.2, 0) is 17.8 Å². The van der Waals surface area contributed by atoms with Crippen LogP contribution in [0.4, 0.5) is 5.69 Å². The van der Waals surface area contributed by atoms with Gasteiger partial charge in [0, 0.05) is 18.3 Å². The molecule has 0 radical (unpaired) electrons. The molecule has 4 heteroatoms. The third kappa shape index (κ3) is 3.20. The van der Waals surface area contributed by atoms with E-state index in [1.807, 2.05) is 46.0 Å². The molecule has 1 amide bonds. The standard InChI is InChI=1S/C16H18N2OS/c17-14-3-1-2-12(8-14)10-18(15-4-5-15)16(19)9-13-6-7-20-11-13/h1-3,6-8,11,15H,4-5,9-10,17H2. The molecule has 2 aromatic rings. The number of benzene rings is 1. The molecular formula is C16H18N2OS. The number of nitrogen functional groups attached to an aromatic ring is 1. The fraction of sp³-hybridized carbons (Fsp3) is 0.312. The van der Waals surface area contributed by atoms with Crippen LogP contribution in [-0.4, -0.2) is 16.8 Å². The molecule has 20 heavy (non-hydrogen) atoms. The molecule has 1 aromatic heterocycles. The van der Waals surface area contributed by atoms with Gasteiger partial charge in [0.1, 0.15) is 0 Å². The average molecular weight is 286 g/mol. The van der Waals surface area contributed by atoms with E-state index in [0.717, 1.165) is 29.7 Å². The van der Waals surface area contributed by atoms with E-state index < -0.39 is 0 Å². The molecule has 1 fully saturated rings. The quantitative estimate of drug-likeness (QED) is 0.859. The van der Waals surface area contributed by atoms with Gasteiger partial charge in [0.25, 0.3) is 0 Å². The molecule has 104 valence electrons. The maximum atomic E-state index is 12.5. The summed E-state index contributed by atoms with van der Waals surface area (Å²) in [6, 6.07) is 10.2. The van der Waals surface area contributed by atoms with Crippen LogP contribution in [0, 0.1) is 0 Å². The van der Waals surface area contributed by atoms with Crippen molar-refractivity contribution >= 4 is 22.9 Å². The van der Waals surface area contributed by atoms with Gasteiger partial charge in [0.05, 0.1) is 6.42 Å². The number of rotatable bonds is 5. The SMILES string of the molecule is Nc1cccc(CN(C(=O)Cc2ccsc2)C2CC2)c1. The van der Waals surface area contributed by atoms with E-state index in [0.29, 0.717) is 19.0 Å². The van der Waals surface area contributed by atoms with Gasteiger partial charge in [0.15, 0.2) is 0 Å². The predicted octanol–water partition coefficient (Wildman–Crippen LogP) is 3.06. The fourth-order valence-electron chi connectivity index (χ4n) is 2.36. The van der Waals surface area contributed by atoms with Gasteiger partial charge in [0.2, 0.25) is 5.91 Å². The predicted molar refractivity (Wildman–Crippen MR) is 82.4 cm³/mol. The lowest BCUT2D eigenvalue weighted by molar-refractivity contribution is -0.131. The van der Waals surface area contributed by atoms with Crippen LogP contribution in [0.1, 0.15) is 24.0 Å². The first kappa shape index (κ1) is 13.2. The van der Waals surface area contributed by atoms with Gasteiger partial charge < -0.3 is 10.6 Å². The molecule has 2 N–H and O–H groups in total. The molecule has 0 bridgehead atoms. The molecule has 3 nitrogen and oxygen atoms in total. The van der Waals surface area contributed by atoms with Crippen molar-refractivity contribution in [3.8, 4) is 0 Å². The van der Waals surface area contributed by atoms with Crippen LogP contribution in [0.15, 0.2) is 41.1 Å². The van der Waals surface area contributed by atoms with E-state index in [-0.39, 0.29) is 5.91 Å². The highest BCUT2D eigenvalue weighted by Gasteiger charge is 2.32. The molecule has 0 saturated heterocycles. The molecule has 1 saturated carbocycles. The van der Waals surface area contributed by atoms with Crippen molar-refractivity contribution in [2.75, 3.05) is 5.73 Å². The molecule has 1 aliphatic rings. The smallest absolute Gasteiger partial charge is 0.227 e. The highest BCUT2D eigenvalue weighted by atomic mass is 32.1. The Labute approximate surface area is 123 Å². The topological polar surface area (TPSA) is 46.3 Å². The molecule has 0 spiro atoms. The minimum atomic E-state index is 0.216. The number of carbonyl (C=O) groups excluding carboxylic acids is 1. The highest BCUT2D eigenvalue weighted by Crippen LogP contribution is 2.29. The number of amides is 1. The van der Waals surface area contributed by atoms with E-state index in [2.05, 4.69) is 0 Å². The maximum Gasteiger partial charge on any atom is 0.227 e. The third-order valence-electron chi connectivity index (χ3n) is 3.55. The summed E-state index contributed by atoms with van der Waals surface area (Å²) in [4.78, 5) is 14.5. The van der Waals surface area contributed by atoms with E-state index in [1.54, 1.807) is 11.3 Å². The maximum absolute atomic E-state index is 12.5. The van der Waals surface area contributed by atoms with Crippen molar-refractivity contribution in [2.24, 2.45) is 0 Å². The monoisotopic (exact) mass is 286 g/mol. The summed E-state index contributed by atoms with van der Waals surface area (Å²) in [5.41, 5.74) is 8.78. The second kappa shape index (κ2) is 5.67. The Morgan fingerprint density at radius 2 is 2.15 bits per heavy atom. The lowest BCUT2D eigenvalue weighted by Gasteiger charge is -2.22. The Balaban J connectivity index is 1.70. The first-order valence-corrected chi connectivity index (χ1v) is 7.81. The first-order chi connectivity index (χ1) is 9.72. The van der Waals surface area contributed by atoms with Gasteiger partial charge in [-0.15, -0.1) is 0 Å². The summed E-state index contributed by atoms with van der Waals surface area (Å²) in [7, 11) is 0. The van der Waals surface area contributed by atoms with E-state index in [1.165, 1.54) is 0 Å². The zero-order valence-corrected chi connectivity index (χ0v) is 12.1. The van der Waals surface area contributed by atoms with Crippen LogP contribution in [0.25, 0.3) is 0 Å². The number of nitrogens with zero attached hydrogens (tertiary/aromatic N) is 1. The Hall–Kier alpha value is -1.81. The summed E-state index contributed by atoms with van der Waals surface area (Å²) in [6.07, 6.45) is 2.75. The minimum Gasteiger partial charge on any atom is -0.399 e. The molecule has 1 aliphatic carbocycles. The summed E-state index contributed by atoms with van der Waals surface area (Å²) >= 11 is 1.64. The van der Waals surface area contributed by atoms with Crippen molar-refractivity contribution in [2.45, 2.75) is 31.8 Å². The van der Waals surface area contributed by atoms with Crippen LogP contribution >= 0.6 is 11.3 Å². The number of carbonyl (C=O) groups is 1. The summed E-state index contributed by atoms with van der Waals surface area (Å²) in [6.45, 7) is 0.665. The third-order valence-corrected chi connectivity index (χ3v) is 4.28. The molecule has 1 aromatic carbocycles.